The lowest BCUT2D eigenvalue weighted by molar-refractivity contribution is -0.141. The second-order valence-corrected chi connectivity index (χ2v) is 8.01. The van der Waals surface area contributed by atoms with Gasteiger partial charge in [0, 0.05) is 30.8 Å². The summed E-state index contributed by atoms with van der Waals surface area (Å²) >= 11 is 0. The number of pyridine rings is 1. The third kappa shape index (κ3) is 3.43. The first-order valence-electron chi connectivity index (χ1n) is 8.35. The van der Waals surface area contributed by atoms with Crippen LogP contribution in [-0.4, -0.2) is 33.0 Å². The molecule has 0 saturated heterocycles. The molecule has 9 nitrogen and oxygen atoms in total. The lowest BCUT2D eigenvalue weighted by Crippen LogP contribution is -2.21. The molecule has 0 atom stereocenters. The summed E-state index contributed by atoms with van der Waals surface area (Å²) in [5, 5.41) is 10.0. The van der Waals surface area contributed by atoms with Crippen LogP contribution in [0.4, 0.5) is 18.9 Å². The average Bonchev–Trinajstić information content (AvgIpc) is 3.29. The standard InChI is InChI=1S/C17H13F3N6O3S/c1-25-16-10(9-21-25)3-2-4-12(16)24-30(28,29)11-5-6-26(15(27)7-11)14-8-13(22-23-14)17(18,19)20/h2-9,24H,1H3,(H,22,23). The molecule has 156 valence electrons. The smallest absolute Gasteiger partial charge is 0.277 e. The zero-order chi connectivity index (χ0) is 21.7. The van der Waals surface area contributed by atoms with E-state index < -0.39 is 27.5 Å². The molecule has 0 saturated carbocycles. The van der Waals surface area contributed by atoms with E-state index >= 15 is 0 Å². The van der Waals surface area contributed by atoms with Crippen LogP contribution in [0.25, 0.3) is 16.7 Å². The number of anilines is 1. The summed E-state index contributed by atoms with van der Waals surface area (Å²) in [6.45, 7) is 0. The van der Waals surface area contributed by atoms with Crippen molar-refractivity contribution in [1.82, 2.24) is 24.5 Å². The van der Waals surface area contributed by atoms with E-state index in [1.807, 2.05) is 0 Å². The zero-order valence-electron chi connectivity index (χ0n) is 15.2. The van der Waals surface area contributed by atoms with E-state index in [4.69, 9.17) is 0 Å². The van der Waals surface area contributed by atoms with E-state index in [0.29, 0.717) is 17.0 Å². The summed E-state index contributed by atoms with van der Waals surface area (Å²) in [4.78, 5) is 12.0. The summed E-state index contributed by atoms with van der Waals surface area (Å²) in [6, 6.07) is 7.50. The molecule has 0 spiro atoms. The van der Waals surface area contributed by atoms with Gasteiger partial charge in [-0.2, -0.15) is 23.4 Å². The lowest BCUT2D eigenvalue weighted by Gasteiger charge is -2.10. The van der Waals surface area contributed by atoms with Gasteiger partial charge in [-0.15, -0.1) is 0 Å². The maximum Gasteiger partial charge on any atom is 0.432 e. The van der Waals surface area contributed by atoms with Gasteiger partial charge in [-0.1, -0.05) is 12.1 Å². The number of hydrogen-bond acceptors (Lipinski definition) is 5. The van der Waals surface area contributed by atoms with E-state index in [0.717, 1.165) is 22.9 Å². The van der Waals surface area contributed by atoms with Crippen LogP contribution in [-0.2, 0) is 23.2 Å². The van der Waals surface area contributed by atoms with E-state index in [1.165, 1.54) is 4.68 Å². The van der Waals surface area contributed by atoms with Crippen molar-refractivity contribution in [3.05, 3.63) is 64.8 Å². The second-order valence-electron chi connectivity index (χ2n) is 6.33. The molecule has 3 aromatic heterocycles. The number of aromatic amines is 1. The van der Waals surface area contributed by atoms with Crippen LogP contribution < -0.4 is 10.3 Å². The summed E-state index contributed by atoms with van der Waals surface area (Å²) in [5.74, 6) is -0.316. The molecule has 13 heteroatoms. The van der Waals surface area contributed by atoms with Crippen molar-refractivity contribution in [3.8, 4) is 5.82 Å². The summed E-state index contributed by atoms with van der Waals surface area (Å²) < 4.78 is 68.3. The number of nitrogens with one attached hydrogen (secondary N) is 2. The van der Waals surface area contributed by atoms with Crippen molar-refractivity contribution in [2.24, 2.45) is 7.05 Å². The average molecular weight is 438 g/mol. The third-order valence-electron chi connectivity index (χ3n) is 4.32. The van der Waals surface area contributed by atoms with Crippen LogP contribution in [0, 0.1) is 0 Å². The lowest BCUT2D eigenvalue weighted by atomic mass is 10.2. The molecule has 0 amide bonds. The molecule has 0 aliphatic carbocycles. The topological polar surface area (TPSA) is 115 Å². The highest BCUT2D eigenvalue weighted by Crippen LogP contribution is 2.28. The minimum absolute atomic E-state index is 0.263. The number of fused-ring (bicyclic) bond motifs is 1. The molecule has 30 heavy (non-hydrogen) atoms. The molecule has 0 unspecified atom stereocenters. The highest BCUT2D eigenvalue weighted by molar-refractivity contribution is 7.92. The fraction of sp³-hybridized carbons (Fsp3) is 0.118. The van der Waals surface area contributed by atoms with Crippen molar-refractivity contribution in [2.45, 2.75) is 11.1 Å². The fourth-order valence-electron chi connectivity index (χ4n) is 2.92. The molecular weight excluding hydrogens is 425 g/mol. The first-order chi connectivity index (χ1) is 14.1. The molecule has 2 N–H and O–H groups in total. The minimum Gasteiger partial charge on any atom is -0.277 e. The second kappa shape index (κ2) is 6.73. The molecule has 0 aliphatic heterocycles. The number of sulfonamides is 1. The van der Waals surface area contributed by atoms with Crippen molar-refractivity contribution in [1.29, 1.82) is 0 Å². The number of nitrogens with zero attached hydrogens (tertiary/aromatic N) is 4. The molecule has 3 heterocycles. The molecule has 4 rings (SSSR count). The minimum atomic E-state index is -4.66. The normalized spacial score (nSPS) is 12.4. The van der Waals surface area contributed by atoms with Crippen molar-refractivity contribution in [2.75, 3.05) is 4.72 Å². The largest absolute Gasteiger partial charge is 0.432 e. The highest BCUT2D eigenvalue weighted by Gasteiger charge is 2.33. The number of rotatable bonds is 4. The van der Waals surface area contributed by atoms with Gasteiger partial charge in [-0.05, 0) is 12.1 Å². The van der Waals surface area contributed by atoms with Crippen molar-refractivity contribution >= 4 is 26.6 Å². The maximum atomic E-state index is 12.8. The highest BCUT2D eigenvalue weighted by atomic mass is 32.2. The van der Waals surface area contributed by atoms with Crippen LogP contribution in [0.2, 0.25) is 0 Å². The van der Waals surface area contributed by atoms with Gasteiger partial charge in [0.1, 0.15) is 5.69 Å². The first kappa shape index (κ1) is 19.7. The molecule has 1 aromatic carbocycles. The number of hydrogen-bond donors (Lipinski definition) is 2. The number of benzene rings is 1. The number of aromatic nitrogens is 5. The van der Waals surface area contributed by atoms with Gasteiger partial charge in [0.15, 0.2) is 5.82 Å². The predicted octanol–water partition coefficient (Wildman–Crippen LogP) is 2.27. The van der Waals surface area contributed by atoms with Crippen LogP contribution in [0.1, 0.15) is 5.69 Å². The molecule has 0 radical (unpaired) electrons. The van der Waals surface area contributed by atoms with Crippen LogP contribution in [0.15, 0.2) is 58.5 Å². The molecule has 4 aromatic rings. The number of H-pyrrole nitrogens is 1. The molecule has 0 bridgehead atoms. The fourth-order valence-corrected chi connectivity index (χ4v) is 3.98. The Labute approximate surface area is 166 Å². The van der Waals surface area contributed by atoms with Gasteiger partial charge in [0.25, 0.3) is 15.6 Å². The van der Waals surface area contributed by atoms with E-state index in [2.05, 4.69) is 14.9 Å². The predicted molar refractivity (Wildman–Crippen MR) is 101 cm³/mol. The molecule has 0 fully saturated rings. The van der Waals surface area contributed by atoms with E-state index in [9.17, 15) is 26.4 Å². The number of halogens is 3. The SMILES string of the molecule is Cn1ncc2cccc(NS(=O)(=O)c3ccn(-c4cc(C(F)(F)F)[nH]n4)c(=O)c3)c21. The van der Waals surface area contributed by atoms with Gasteiger partial charge in [-0.3, -0.25) is 23.9 Å². The molecular formula is C17H13F3N6O3S. The van der Waals surface area contributed by atoms with E-state index in [1.54, 1.807) is 36.5 Å². The Morgan fingerprint density at radius 1 is 1.17 bits per heavy atom. The summed E-state index contributed by atoms with van der Waals surface area (Å²) in [5.41, 5.74) is -1.19. The van der Waals surface area contributed by atoms with Crippen LogP contribution >= 0.6 is 0 Å². The zero-order valence-corrected chi connectivity index (χ0v) is 16.0. The van der Waals surface area contributed by atoms with Crippen LogP contribution in [0.5, 0.6) is 0 Å². The van der Waals surface area contributed by atoms with Gasteiger partial charge in [0.05, 0.1) is 22.3 Å². The number of aryl methyl sites for hydroxylation is 1. The van der Waals surface area contributed by atoms with Gasteiger partial charge >= 0.3 is 6.18 Å². The Kier molecular flexibility index (Phi) is 4.42. The maximum absolute atomic E-state index is 12.8. The van der Waals surface area contributed by atoms with Gasteiger partial charge < -0.3 is 0 Å². The Hall–Kier alpha value is -3.61. The Bertz CT molecular complexity index is 1420. The molecule has 0 aliphatic rings. The van der Waals surface area contributed by atoms with Gasteiger partial charge in [0.2, 0.25) is 0 Å². The van der Waals surface area contributed by atoms with Crippen molar-refractivity contribution in [3.63, 3.8) is 0 Å². The first-order valence-corrected chi connectivity index (χ1v) is 9.84. The monoisotopic (exact) mass is 438 g/mol. The Morgan fingerprint density at radius 3 is 2.60 bits per heavy atom. The van der Waals surface area contributed by atoms with E-state index in [-0.39, 0.29) is 16.4 Å². The third-order valence-corrected chi connectivity index (χ3v) is 5.69. The van der Waals surface area contributed by atoms with Gasteiger partial charge in [-0.25, -0.2) is 8.42 Å². The quantitative estimate of drug-likeness (QED) is 0.507. The Balaban J connectivity index is 1.69. The number of alkyl halides is 3. The van der Waals surface area contributed by atoms with Crippen LogP contribution in [0.3, 0.4) is 0 Å². The van der Waals surface area contributed by atoms with Crippen molar-refractivity contribution < 1.29 is 21.6 Å². The Morgan fingerprint density at radius 2 is 1.93 bits per heavy atom. The summed E-state index contributed by atoms with van der Waals surface area (Å²) in [6.07, 6.45) is -2.04. The number of para-hydroxylation sites is 1. The summed E-state index contributed by atoms with van der Waals surface area (Å²) in [7, 11) is -2.50.